The maximum absolute atomic E-state index is 13.3. The fourth-order valence-corrected chi connectivity index (χ4v) is 4.18. The first-order valence-electron chi connectivity index (χ1n) is 10.0. The summed E-state index contributed by atoms with van der Waals surface area (Å²) in [5.41, 5.74) is -2.21. The van der Waals surface area contributed by atoms with E-state index in [1.54, 1.807) is 24.4 Å². The van der Waals surface area contributed by atoms with Crippen LogP contribution in [0.15, 0.2) is 39.1 Å². The molecule has 12 heteroatoms. The summed E-state index contributed by atoms with van der Waals surface area (Å²) in [5, 5.41) is 8.15. The molecule has 3 heterocycles. The average molecular weight is 481 g/mol. The fourth-order valence-electron chi connectivity index (χ4n) is 3.22. The zero-order valence-corrected chi connectivity index (χ0v) is 18.1. The molecule has 3 aromatic rings. The van der Waals surface area contributed by atoms with Crippen molar-refractivity contribution >= 4 is 28.2 Å². The van der Waals surface area contributed by atoms with Gasteiger partial charge in [-0.3, -0.25) is 9.59 Å². The summed E-state index contributed by atoms with van der Waals surface area (Å²) >= 11 is 1.02. The van der Waals surface area contributed by atoms with E-state index in [4.69, 9.17) is 9.15 Å². The maximum Gasteiger partial charge on any atom is 0.421 e. The van der Waals surface area contributed by atoms with Crippen LogP contribution in [0.5, 0.6) is 0 Å². The van der Waals surface area contributed by atoms with Gasteiger partial charge in [0.2, 0.25) is 5.91 Å². The molecule has 0 unspecified atom stereocenters. The van der Waals surface area contributed by atoms with Gasteiger partial charge >= 0.3 is 12.1 Å². The van der Waals surface area contributed by atoms with Crippen LogP contribution in [0.2, 0.25) is 0 Å². The molecular formula is C21H18F3N3O5S. The first kappa shape index (κ1) is 22.8. The number of carbonyl (C=O) groups excluding carboxylic acids is 2. The highest BCUT2D eigenvalue weighted by molar-refractivity contribution is 7.15. The number of alkyl halides is 3. The van der Waals surface area contributed by atoms with E-state index in [9.17, 15) is 27.6 Å². The first-order valence-corrected chi connectivity index (χ1v) is 10.9. The third-order valence-electron chi connectivity index (χ3n) is 4.90. The number of ether oxygens (including phenoxy) is 1. The van der Waals surface area contributed by atoms with E-state index in [0.29, 0.717) is 28.8 Å². The van der Waals surface area contributed by atoms with E-state index in [2.05, 4.69) is 10.4 Å². The third kappa shape index (κ3) is 4.85. The number of furan rings is 1. The lowest BCUT2D eigenvalue weighted by Crippen LogP contribution is -2.35. The van der Waals surface area contributed by atoms with Gasteiger partial charge < -0.3 is 14.5 Å². The van der Waals surface area contributed by atoms with Crippen molar-refractivity contribution in [2.24, 2.45) is 0 Å². The van der Waals surface area contributed by atoms with Gasteiger partial charge in [-0.15, -0.1) is 11.3 Å². The predicted molar refractivity (Wildman–Crippen MR) is 112 cm³/mol. The number of anilines is 1. The summed E-state index contributed by atoms with van der Waals surface area (Å²) in [5.74, 6) is -1.31. The van der Waals surface area contributed by atoms with E-state index < -0.39 is 35.7 Å². The molecule has 0 spiro atoms. The number of hydrogen-bond donors (Lipinski definition) is 1. The number of carbonyl (C=O) groups is 2. The Hall–Kier alpha value is -3.41. The molecule has 0 bridgehead atoms. The summed E-state index contributed by atoms with van der Waals surface area (Å²) in [6, 6.07) is 4.01. The standard InChI is InChI=1S/C21H18F3N3O5S/c1-2-31-20(30)17-12(15-4-3-7-32-15)10-33-18(17)25-16(28)9-27-19(29)13(21(22,23)24)8-14(26-27)11-5-6-11/h3-4,7-8,10-11H,2,5-6,9H2,1H3,(H,25,28). The van der Waals surface area contributed by atoms with Crippen LogP contribution < -0.4 is 10.9 Å². The van der Waals surface area contributed by atoms with Crippen molar-refractivity contribution in [2.75, 3.05) is 11.9 Å². The van der Waals surface area contributed by atoms with E-state index in [1.165, 1.54) is 6.26 Å². The monoisotopic (exact) mass is 481 g/mol. The summed E-state index contributed by atoms with van der Waals surface area (Å²) in [7, 11) is 0. The van der Waals surface area contributed by atoms with Crippen LogP contribution >= 0.6 is 11.3 Å². The molecule has 1 fully saturated rings. The Bertz CT molecular complexity index is 1240. The zero-order chi connectivity index (χ0) is 23.8. The van der Waals surface area contributed by atoms with Crippen LogP contribution in [0.4, 0.5) is 18.2 Å². The SMILES string of the molecule is CCOC(=O)c1c(-c2ccco2)csc1NC(=O)Cn1nc(C2CC2)cc(C(F)(F)F)c1=O. The number of nitrogens with one attached hydrogen (secondary N) is 1. The van der Waals surface area contributed by atoms with Crippen LogP contribution in [0.3, 0.4) is 0 Å². The molecule has 0 atom stereocenters. The second kappa shape index (κ2) is 8.85. The van der Waals surface area contributed by atoms with E-state index in [1.807, 2.05) is 0 Å². The number of aromatic nitrogens is 2. The Kier molecular flexibility index (Phi) is 6.11. The number of rotatable bonds is 7. The molecular weight excluding hydrogens is 463 g/mol. The zero-order valence-electron chi connectivity index (χ0n) is 17.3. The second-order valence-corrected chi connectivity index (χ2v) is 8.20. The summed E-state index contributed by atoms with van der Waals surface area (Å²) in [4.78, 5) is 37.5. The van der Waals surface area contributed by atoms with Gasteiger partial charge in [-0.2, -0.15) is 18.3 Å². The minimum Gasteiger partial charge on any atom is -0.464 e. The van der Waals surface area contributed by atoms with Gasteiger partial charge in [-0.05, 0) is 38.0 Å². The number of thiophene rings is 1. The molecule has 4 rings (SSSR count). The lowest BCUT2D eigenvalue weighted by molar-refractivity contribution is -0.139. The maximum atomic E-state index is 13.3. The Morgan fingerprint density at radius 1 is 1.36 bits per heavy atom. The highest BCUT2D eigenvalue weighted by Crippen LogP contribution is 2.40. The second-order valence-electron chi connectivity index (χ2n) is 7.32. The number of nitrogens with zero attached hydrogens (tertiary/aromatic N) is 2. The summed E-state index contributed by atoms with van der Waals surface area (Å²) < 4.78 is 50.9. The molecule has 0 radical (unpaired) electrons. The average Bonchev–Trinajstić information content (AvgIpc) is 3.28. The minimum atomic E-state index is -4.87. The fraction of sp³-hybridized carbons (Fsp3) is 0.333. The van der Waals surface area contributed by atoms with Crippen molar-refractivity contribution in [1.82, 2.24) is 9.78 Å². The van der Waals surface area contributed by atoms with Gasteiger partial charge in [0.05, 0.1) is 18.6 Å². The van der Waals surface area contributed by atoms with Gasteiger partial charge in [0.1, 0.15) is 28.4 Å². The molecule has 1 amide bonds. The van der Waals surface area contributed by atoms with E-state index >= 15 is 0 Å². The Labute approximate surface area is 189 Å². The molecule has 174 valence electrons. The lowest BCUT2D eigenvalue weighted by atomic mass is 10.1. The van der Waals surface area contributed by atoms with Gasteiger partial charge in [0, 0.05) is 16.9 Å². The van der Waals surface area contributed by atoms with Crippen molar-refractivity contribution in [2.45, 2.75) is 38.4 Å². The van der Waals surface area contributed by atoms with Crippen LogP contribution in [0, 0.1) is 0 Å². The molecule has 3 aromatic heterocycles. The van der Waals surface area contributed by atoms with E-state index in [-0.39, 0.29) is 28.8 Å². The molecule has 1 aliphatic carbocycles. The van der Waals surface area contributed by atoms with Crippen molar-refractivity contribution in [3.63, 3.8) is 0 Å². The molecule has 1 aliphatic rings. The Morgan fingerprint density at radius 2 is 2.12 bits per heavy atom. The third-order valence-corrected chi connectivity index (χ3v) is 5.79. The first-order chi connectivity index (χ1) is 15.7. The highest BCUT2D eigenvalue weighted by atomic mass is 32.1. The molecule has 0 aromatic carbocycles. The number of hydrogen-bond acceptors (Lipinski definition) is 7. The van der Waals surface area contributed by atoms with Gasteiger partial charge in [-0.25, -0.2) is 9.48 Å². The van der Waals surface area contributed by atoms with Crippen LogP contribution in [0.1, 0.15) is 47.3 Å². The van der Waals surface area contributed by atoms with Crippen LogP contribution in [-0.4, -0.2) is 28.3 Å². The molecule has 33 heavy (non-hydrogen) atoms. The number of halogens is 3. The molecule has 1 N–H and O–H groups in total. The smallest absolute Gasteiger partial charge is 0.421 e. The largest absolute Gasteiger partial charge is 0.464 e. The quantitative estimate of drug-likeness (QED) is 0.506. The summed E-state index contributed by atoms with van der Waals surface area (Å²) in [6.45, 7) is 0.962. The van der Waals surface area contributed by atoms with Gasteiger partial charge in [-0.1, -0.05) is 0 Å². The van der Waals surface area contributed by atoms with Crippen molar-refractivity contribution < 1.29 is 31.9 Å². The van der Waals surface area contributed by atoms with Crippen molar-refractivity contribution in [3.05, 3.63) is 57.0 Å². The van der Waals surface area contributed by atoms with Gasteiger partial charge in [0.15, 0.2) is 0 Å². The minimum absolute atomic E-state index is 0.0492. The van der Waals surface area contributed by atoms with Crippen molar-refractivity contribution in [3.8, 4) is 11.3 Å². The van der Waals surface area contributed by atoms with E-state index in [0.717, 1.165) is 17.4 Å². The Balaban J connectivity index is 1.63. The topological polar surface area (TPSA) is 103 Å². The summed E-state index contributed by atoms with van der Waals surface area (Å²) in [6.07, 6.45) is -2.11. The molecule has 0 aliphatic heterocycles. The molecule has 8 nitrogen and oxygen atoms in total. The molecule has 1 saturated carbocycles. The van der Waals surface area contributed by atoms with Crippen LogP contribution in [0.25, 0.3) is 11.3 Å². The number of amides is 1. The van der Waals surface area contributed by atoms with Gasteiger partial charge in [0.25, 0.3) is 5.56 Å². The predicted octanol–water partition coefficient (Wildman–Crippen LogP) is 4.28. The van der Waals surface area contributed by atoms with Crippen LogP contribution in [-0.2, 0) is 22.3 Å². The highest BCUT2D eigenvalue weighted by Gasteiger charge is 2.38. The van der Waals surface area contributed by atoms with Crippen molar-refractivity contribution in [1.29, 1.82) is 0 Å². The number of esters is 1. The molecule has 0 saturated heterocycles. The normalized spacial score (nSPS) is 13.7. The Morgan fingerprint density at radius 3 is 2.73 bits per heavy atom. The lowest BCUT2D eigenvalue weighted by Gasteiger charge is -2.12.